The van der Waals surface area contributed by atoms with Gasteiger partial charge in [-0.1, -0.05) is 18.6 Å². The van der Waals surface area contributed by atoms with Gasteiger partial charge in [0, 0.05) is 35.6 Å². The van der Waals surface area contributed by atoms with Gasteiger partial charge in [0.2, 0.25) is 0 Å². The molecule has 6 N–H and O–H groups in total. The molecule has 33 heavy (non-hydrogen) atoms. The fraction of sp³-hybridized carbons (Fsp3) is 0.423. The standard InChI is InChI=1S/C26H33N3O4/c1-16(27-14-25(32)19-6-8-24(31)21(11-19)15-30)9-18-5-7-22-20(10-18)12-23(29-22)26(33)28-13-17-3-2-4-17/h5-8,10-12,16-17,25,27,29-32H,2-4,9,13-15H2,1H3,(H,28,33)/t16-,25+/m1/s1. The zero-order valence-electron chi connectivity index (χ0n) is 19.0. The van der Waals surface area contributed by atoms with Gasteiger partial charge in [-0.05, 0) is 73.6 Å². The van der Waals surface area contributed by atoms with Gasteiger partial charge in [-0.2, -0.15) is 0 Å². The van der Waals surface area contributed by atoms with E-state index in [1.54, 1.807) is 12.1 Å². The second-order valence-electron chi connectivity index (χ2n) is 9.19. The number of amides is 1. The van der Waals surface area contributed by atoms with Crippen LogP contribution in [-0.4, -0.2) is 45.3 Å². The fourth-order valence-electron chi connectivity index (χ4n) is 4.26. The monoisotopic (exact) mass is 451 g/mol. The van der Waals surface area contributed by atoms with Crippen molar-refractivity contribution in [3.05, 3.63) is 64.8 Å². The van der Waals surface area contributed by atoms with Crippen molar-refractivity contribution in [1.29, 1.82) is 0 Å². The second kappa shape index (κ2) is 10.4. The van der Waals surface area contributed by atoms with E-state index in [4.69, 9.17) is 0 Å². The Labute approximate surface area is 193 Å². The number of hydrogen-bond acceptors (Lipinski definition) is 5. The third-order valence-corrected chi connectivity index (χ3v) is 6.57. The van der Waals surface area contributed by atoms with E-state index in [1.807, 2.05) is 12.1 Å². The normalized spacial score (nSPS) is 15.8. The van der Waals surface area contributed by atoms with Crippen molar-refractivity contribution < 1.29 is 20.1 Å². The van der Waals surface area contributed by atoms with Gasteiger partial charge in [0.15, 0.2) is 0 Å². The van der Waals surface area contributed by atoms with E-state index < -0.39 is 6.10 Å². The number of aliphatic hydroxyl groups is 2. The molecule has 7 nitrogen and oxygen atoms in total. The number of nitrogens with one attached hydrogen (secondary N) is 3. The predicted octanol–water partition coefficient (Wildman–Crippen LogP) is 3.15. The summed E-state index contributed by atoms with van der Waals surface area (Å²) in [7, 11) is 0. The van der Waals surface area contributed by atoms with Gasteiger partial charge in [-0.15, -0.1) is 0 Å². The topological polar surface area (TPSA) is 118 Å². The molecule has 0 spiro atoms. The molecular weight excluding hydrogens is 418 g/mol. The quantitative estimate of drug-likeness (QED) is 0.283. The van der Waals surface area contributed by atoms with Gasteiger partial charge in [-0.25, -0.2) is 0 Å². The van der Waals surface area contributed by atoms with Crippen LogP contribution >= 0.6 is 0 Å². The molecule has 1 saturated carbocycles. The third kappa shape index (κ3) is 5.74. The summed E-state index contributed by atoms with van der Waals surface area (Å²) < 4.78 is 0. The number of aromatic amines is 1. The number of carbonyl (C=O) groups is 1. The summed E-state index contributed by atoms with van der Waals surface area (Å²) in [4.78, 5) is 15.7. The van der Waals surface area contributed by atoms with E-state index in [2.05, 4.69) is 34.7 Å². The van der Waals surface area contributed by atoms with Crippen molar-refractivity contribution >= 4 is 16.8 Å². The highest BCUT2D eigenvalue weighted by Crippen LogP contribution is 2.25. The fourth-order valence-corrected chi connectivity index (χ4v) is 4.26. The first-order valence-corrected chi connectivity index (χ1v) is 11.7. The maximum Gasteiger partial charge on any atom is 0.267 e. The Morgan fingerprint density at radius 1 is 1.18 bits per heavy atom. The first kappa shape index (κ1) is 23.3. The molecule has 1 fully saturated rings. The summed E-state index contributed by atoms with van der Waals surface area (Å²) in [5, 5.41) is 36.8. The molecule has 2 atom stereocenters. The van der Waals surface area contributed by atoms with Crippen LogP contribution in [0.2, 0.25) is 0 Å². The summed E-state index contributed by atoms with van der Waals surface area (Å²) in [6.07, 6.45) is 3.71. The molecule has 1 aliphatic rings. The smallest absolute Gasteiger partial charge is 0.267 e. The molecule has 0 aliphatic heterocycles. The maximum absolute atomic E-state index is 12.4. The number of carbonyl (C=O) groups excluding carboxylic acids is 1. The van der Waals surface area contributed by atoms with Crippen molar-refractivity contribution in [2.24, 2.45) is 5.92 Å². The number of rotatable bonds is 10. The van der Waals surface area contributed by atoms with Crippen molar-refractivity contribution in [2.75, 3.05) is 13.1 Å². The molecule has 1 aliphatic carbocycles. The van der Waals surface area contributed by atoms with Crippen LogP contribution < -0.4 is 10.6 Å². The number of aliphatic hydroxyl groups excluding tert-OH is 2. The van der Waals surface area contributed by atoms with Crippen molar-refractivity contribution in [3.63, 3.8) is 0 Å². The van der Waals surface area contributed by atoms with Crippen LogP contribution in [0.4, 0.5) is 0 Å². The van der Waals surface area contributed by atoms with Crippen LogP contribution in [0.3, 0.4) is 0 Å². The molecule has 0 unspecified atom stereocenters. The number of hydrogen-bond donors (Lipinski definition) is 6. The van der Waals surface area contributed by atoms with Gasteiger partial charge in [0.05, 0.1) is 12.7 Å². The Bertz CT molecular complexity index is 1110. The number of aromatic nitrogens is 1. The van der Waals surface area contributed by atoms with Gasteiger partial charge in [-0.3, -0.25) is 4.79 Å². The van der Waals surface area contributed by atoms with Crippen LogP contribution in [0.15, 0.2) is 42.5 Å². The molecule has 0 saturated heterocycles. The van der Waals surface area contributed by atoms with E-state index in [0.717, 1.165) is 29.4 Å². The molecular formula is C26H33N3O4. The van der Waals surface area contributed by atoms with Crippen molar-refractivity contribution in [3.8, 4) is 5.75 Å². The van der Waals surface area contributed by atoms with Gasteiger partial charge >= 0.3 is 0 Å². The molecule has 2 aromatic carbocycles. The summed E-state index contributed by atoms with van der Waals surface area (Å²) in [5.41, 5.74) is 3.72. The molecule has 4 rings (SSSR count). The van der Waals surface area contributed by atoms with Gasteiger partial charge < -0.3 is 30.9 Å². The van der Waals surface area contributed by atoms with Gasteiger partial charge in [0.1, 0.15) is 11.4 Å². The van der Waals surface area contributed by atoms with Gasteiger partial charge in [0.25, 0.3) is 5.91 Å². The van der Waals surface area contributed by atoms with Crippen LogP contribution in [0, 0.1) is 5.92 Å². The molecule has 176 valence electrons. The van der Waals surface area contributed by atoms with Crippen molar-refractivity contribution in [2.45, 2.75) is 51.4 Å². The van der Waals surface area contributed by atoms with Crippen LogP contribution in [0.25, 0.3) is 10.9 Å². The summed E-state index contributed by atoms with van der Waals surface area (Å²) >= 11 is 0. The Balaban J connectivity index is 1.31. The number of benzene rings is 2. The lowest BCUT2D eigenvalue weighted by molar-refractivity contribution is 0.0935. The van der Waals surface area contributed by atoms with Crippen LogP contribution in [-0.2, 0) is 13.0 Å². The number of phenols is 1. The highest BCUT2D eigenvalue weighted by Gasteiger charge is 2.19. The molecule has 7 heteroatoms. The predicted molar refractivity (Wildman–Crippen MR) is 128 cm³/mol. The largest absolute Gasteiger partial charge is 0.508 e. The van der Waals surface area contributed by atoms with E-state index in [1.165, 1.54) is 25.3 Å². The molecule has 0 radical (unpaired) electrons. The lowest BCUT2D eigenvalue weighted by Crippen LogP contribution is -2.32. The molecule has 1 aromatic heterocycles. The number of H-pyrrole nitrogens is 1. The number of aromatic hydroxyl groups is 1. The molecule has 1 amide bonds. The molecule has 0 bridgehead atoms. The minimum Gasteiger partial charge on any atom is -0.508 e. The summed E-state index contributed by atoms with van der Waals surface area (Å²) in [5.74, 6) is 0.597. The highest BCUT2D eigenvalue weighted by atomic mass is 16.3. The maximum atomic E-state index is 12.4. The first-order valence-electron chi connectivity index (χ1n) is 11.7. The SMILES string of the molecule is C[C@H](Cc1ccc2[nH]c(C(=O)NCC3CCC3)cc2c1)NC[C@H](O)c1ccc(O)c(CO)c1. The average molecular weight is 452 g/mol. The first-order chi connectivity index (χ1) is 15.9. The van der Waals surface area contributed by atoms with E-state index in [-0.39, 0.29) is 24.3 Å². The van der Waals surface area contributed by atoms with E-state index in [9.17, 15) is 20.1 Å². The Morgan fingerprint density at radius 2 is 2.00 bits per heavy atom. The summed E-state index contributed by atoms with van der Waals surface area (Å²) in [6.45, 7) is 2.89. The molecule has 3 aromatic rings. The zero-order valence-corrected chi connectivity index (χ0v) is 19.0. The summed E-state index contributed by atoms with van der Waals surface area (Å²) in [6, 6.07) is 12.9. The lowest BCUT2D eigenvalue weighted by Gasteiger charge is -2.25. The number of fused-ring (bicyclic) bond motifs is 1. The van der Waals surface area contributed by atoms with E-state index >= 15 is 0 Å². The highest BCUT2D eigenvalue weighted by molar-refractivity contribution is 5.98. The second-order valence-corrected chi connectivity index (χ2v) is 9.19. The Hall–Kier alpha value is -2.87. The Kier molecular flexibility index (Phi) is 7.33. The van der Waals surface area contributed by atoms with Crippen LogP contribution in [0.1, 0.15) is 59.5 Å². The lowest BCUT2D eigenvalue weighted by atomic mass is 9.85. The van der Waals surface area contributed by atoms with E-state index in [0.29, 0.717) is 29.3 Å². The third-order valence-electron chi connectivity index (χ3n) is 6.57. The average Bonchev–Trinajstić information content (AvgIpc) is 3.20. The minimum absolute atomic E-state index is 0.0222. The minimum atomic E-state index is -0.744. The molecule has 1 heterocycles. The van der Waals surface area contributed by atoms with Crippen molar-refractivity contribution in [1.82, 2.24) is 15.6 Å². The van der Waals surface area contributed by atoms with Crippen LogP contribution in [0.5, 0.6) is 5.75 Å². The zero-order chi connectivity index (χ0) is 23.4. The Morgan fingerprint density at radius 3 is 2.73 bits per heavy atom.